The van der Waals surface area contributed by atoms with Crippen LogP contribution >= 0.6 is 0 Å². The van der Waals surface area contributed by atoms with Gasteiger partial charge in [-0.25, -0.2) is 0 Å². The Kier molecular flexibility index (Phi) is 9.84. The summed E-state index contributed by atoms with van der Waals surface area (Å²) in [5.74, 6) is -0.846. The molecule has 0 bridgehead atoms. The van der Waals surface area contributed by atoms with Gasteiger partial charge < -0.3 is 14.4 Å². The first-order chi connectivity index (χ1) is 14.0. The second-order valence-electron chi connectivity index (χ2n) is 7.46. The Hall–Kier alpha value is -2.21. The van der Waals surface area contributed by atoms with Gasteiger partial charge in [0, 0.05) is 6.54 Å². The number of ketones is 1. The number of rotatable bonds is 13. The number of unbranched alkanes of at least 4 members (excludes halogenated alkanes) is 2. The first-order valence-corrected chi connectivity index (χ1v) is 10.7. The molecule has 0 aliphatic carbocycles. The Bertz CT molecular complexity index is 660. The van der Waals surface area contributed by atoms with Crippen LogP contribution in [0.5, 0.6) is 0 Å². The van der Waals surface area contributed by atoms with Crippen molar-refractivity contribution in [2.75, 3.05) is 13.2 Å². The third-order valence-corrected chi connectivity index (χ3v) is 5.21. The maximum Gasteiger partial charge on any atom is 0.308 e. The van der Waals surface area contributed by atoms with Gasteiger partial charge in [0.15, 0.2) is 5.78 Å². The molecule has 6 heteroatoms. The zero-order valence-electron chi connectivity index (χ0n) is 17.6. The number of nitrogens with zero attached hydrogens (tertiary/aromatic N) is 1. The number of carbonyl (C=O) groups is 3. The summed E-state index contributed by atoms with van der Waals surface area (Å²) in [6, 6.07) is 9.30. The van der Waals surface area contributed by atoms with Crippen LogP contribution in [0.1, 0.15) is 64.4 Å². The highest BCUT2D eigenvalue weighted by Gasteiger charge is 2.39. The second-order valence-corrected chi connectivity index (χ2v) is 7.46. The normalized spacial score (nSPS) is 17.6. The van der Waals surface area contributed by atoms with Gasteiger partial charge in [-0.15, -0.1) is 0 Å². The Morgan fingerprint density at radius 3 is 2.59 bits per heavy atom. The maximum absolute atomic E-state index is 12.3. The molecule has 0 N–H and O–H groups in total. The number of Topliss-reactive ketones (excluding diaryl/α,β-unsaturated/α-hetero) is 1. The summed E-state index contributed by atoms with van der Waals surface area (Å²) in [5, 5.41) is 0. The molecule has 160 valence electrons. The van der Waals surface area contributed by atoms with Gasteiger partial charge in [0.1, 0.15) is 6.04 Å². The first kappa shape index (κ1) is 23.1. The van der Waals surface area contributed by atoms with Gasteiger partial charge in [0.05, 0.1) is 32.2 Å². The molecule has 1 aromatic rings. The molecule has 1 saturated heterocycles. The number of carbonyl (C=O) groups excluding carboxylic acids is 3. The summed E-state index contributed by atoms with van der Waals surface area (Å²) in [7, 11) is 0. The van der Waals surface area contributed by atoms with Crippen LogP contribution in [-0.4, -0.2) is 47.9 Å². The quantitative estimate of drug-likeness (QED) is 0.285. The Morgan fingerprint density at radius 2 is 1.90 bits per heavy atom. The first-order valence-electron chi connectivity index (χ1n) is 10.7. The zero-order chi connectivity index (χ0) is 21.1. The molecule has 2 rings (SSSR count). The van der Waals surface area contributed by atoms with Crippen molar-refractivity contribution in [1.29, 1.82) is 0 Å². The SMILES string of the molecule is CCCCCC(CCN1C(=O)CC(=O)C1CC(=O)OCC)OCc1ccccc1. The summed E-state index contributed by atoms with van der Waals surface area (Å²) in [5.41, 5.74) is 1.11. The van der Waals surface area contributed by atoms with E-state index in [0.717, 1.165) is 31.2 Å². The van der Waals surface area contributed by atoms with Crippen molar-refractivity contribution in [2.24, 2.45) is 0 Å². The van der Waals surface area contributed by atoms with Crippen LogP contribution in [0.4, 0.5) is 0 Å². The largest absolute Gasteiger partial charge is 0.466 e. The number of likely N-dealkylation sites (tertiary alicyclic amines) is 1. The Morgan fingerprint density at radius 1 is 1.14 bits per heavy atom. The van der Waals surface area contributed by atoms with Crippen molar-refractivity contribution < 1.29 is 23.9 Å². The van der Waals surface area contributed by atoms with E-state index in [9.17, 15) is 14.4 Å². The highest BCUT2D eigenvalue weighted by Crippen LogP contribution is 2.21. The van der Waals surface area contributed by atoms with E-state index in [1.54, 1.807) is 6.92 Å². The number of hydrogen-bond acceptors (Lipinski definition) is 5. The molecule has 6 nitrogen and oxygen atoms in total. The summed E-state index contributed by atoms with van der Waals surface area (Å²) in [6.45, 7) is 5.09. The molecule has 1 fully saturated rings. The van der Waals surface area contributed by atoms with Crippen LogP contribution < -0.4 is 0 Å². The lowest BCUT2D eigenvalue weighted by Crippen LogP contribution is -2.39. The fraction of sp³-hybridized carbons (Fsp3) is 0.609. The summed E-state index contributed by atoms with van der Waals surface area (Å²) in [4.78, 5) is 37.9. The number of esters is 1. The van der Waals surface area contributed by atoms with E-state index in [1.807, 2.05) is 30.3 Å². The van der Waals surface area contributed by atoms with Crippen LogP contribution in [0, 0.1) is 0 Å². The monoisotopic (exact) mass is 403 g/mol. The topological polar surface area (TPSA) is 72.9 Å². The van der Waals surface area contributed by atoms with Crippen LogP contribution in [0.25, 0.3) is 0 Å². The molecule has 1 aliphatic rings. The van der Waals surface area contributed by atoms with Crippen LogP contribution in [-0.2, 0) is 30.5 Å². The van der Waals surface area contributed by atoms with E-state index < -0.39 is 12.0 Å². The van der Waals surface area contributed by atoms with Crippen molar-refractivity contribution in [3.8, 4) is 0 Å². The Labute approximate surface area is 173 Å². The molecular weight excluding hydrogens is 370 g/mol. The predicted molar refractivity (Wildman–Crippen MR) is 110 cm³/mol. The Balaban J connectivity index is 1.94. The highest BCUT2D eigenvalue weighted by atomic mass is 16.5. The van der Waals surface area contributed by atoms with E-state index >= 15 is 0 Å². The average Bonchev–Trinajstić information content (AvgIpc) is 2.97. The van der Waals surface area contributed by atoms with Gasteiger partial charge in [0.25, 0.3) is 0 Å². The lowest BCUT2D eigenvalue weighted by Gasteiger charge is -2.26. The molecule has 0 saturated carbocycles. The van der Waals surface area contributed by atoms with E-state index in [2.05, 4.69) is 6.92 Å². The molecule has 1 aromatic carbocycles. The second kappa shape index (κ2) is 12.4. The van der Waals surface area contributed by atoms with Crippen molar-refractivity contribution in [1.82, 2.24) is 4.90 Å². The molecule has 1 amide bonds. The maximum atomic E-state index is 12.3. The molecule has 0 radical (unpaired) electrons. The lowest BCUT2D eigenvalue weighted by molar-refractivity contribution is -0.146. The van der Waals surface area contributed by atoms with E-state index in [1.165, 1.54) is 4.90 Å². The zero-order valence-corrected chi connectivity index (χ0v) is 17.6. The van der Waals surface area contributed by atoms with Crippen molar-refractivity contribution in [2.45, 2.75) is 77.5 Å². The lowest BCUT2D eigenvalue weighted by atomic mass is 10.1. The minimum atomic E-state index is -0.702. The van der Waals surface area contributed by atoms with Crippen LogP contribution in [0.3, 0.4) is 0 Å². The van der Waals surface area contributed by atoms with E-state index in [0.29, 0.717) is 19.6 Å². The highest BCUT2D eigenvalue weighted by molar-refractivity contribution is 6.08. The molecule has 1 aliphatic heterocycles. The van der Waals surface area contributed by atoms with Crippen molar-refractivity contribution in [3.63, 3.8) is 0 Å². The van der Waals surface area contributed by atoms with Gasteiger partial charge in [0.2, 0.25) is 5.91 Å². The van der Waals surface area contributed by atoms with Gasteiger partial charge in [-0.3, -0.25) is 14.4 Å². The standard InChI is InChI=1S/C23H33NO5/c1-3-5-7-12-19(29-17-18-10-8-6-9-11-18)13-14-24-20(15-23(27)28-4-2)21(25)16-22(24)26/h6,8-11,19-20H,3-5,7,12-17H2,1-2H3. The van der Waals surface area contributed by atoms with Gasteiger partial charge in [-0.2, -0.15) is 0 Å². The van der Waals surface area contributed by atoms with Crippen molar-refractivity contribution >= 4 is 17.7 Å². The van der Waals surface area contributed by atoms with E-state index in [-0.39, 0.29) is 37.2 Å². The van der Waals surface area contributed by atoms with Crippen LogP contribution in [0.15, 0.2) is 30.3 Å². The third kappa shape index (κ3) is 7.61. The molecule has 2 unspecified atom stereocenters. The number of benzene rings is 1. The number of amides is 1. The molecular formula is C23H33NO5. The van der Waals surface area contributed by atoms with Gasteiger partial charge >= 0.3 is 5.97 Å². The molecule has 2 atom stereocenters. The van der Waals surface area contributed by atoms with E-state index in [4.69, 9.17) is 9.47 Å². The van der Waals surface area contributed by atoms with Crippen LogP contribution in [0.2, 0.25) is 0 Å². The minimum absolute atomic E-state index is 0.00787. The third-order valence-electron chi connectivity index (χ3n) is 5.21. The summed E-state index contributed by atoms with van der Waals surface area (Å²) < 4.78 is 11.1. The average molecular weight is 404 g/mol. The minimum Gasteiger partial charge on any atom is -0.466 e. The smallest absolute Gasteiger partial charge is 0.308 e. The van der Waals surface area contributed by atoms with Gasteiger partial charge in [-0.05, 0) is 25.3 Å². The number of ether oxygens (including phenoxy) is 2. The number of hydrogen-bond donors (Lipinski definition) is 0. The van der Waals surface area contributed by atoms with Crippen molar-refractivity contribution in [3.05, 3.63) is 35.9 Å². The fourth-order valence-corrected chi connectivity index (χ4v) is 3.60. The predicted octanol–water partition coefficient (Wildman–Crippen LogP) is 3.67. The van der Waals surface area contributed by atoms with Gasteiger partial charge in [-0.1, -0.05) is 56.5 Å². The summed E-state index contributed by atoms with van der Waals surface area (Å²) >= 11 is 0. The summed E-state index contributed by atoms with van der Waals surface area (Å²) in [6.07, 6.45) is 4.71. The molecule has 29 heavy (non-hydrogen) atoms. The fourth-order valence-electron chi connectivity index (χ4n) is 3.60. The molecule has 0 spiro atoms. The molecule has 0 aromatic heterocycles. The molecule has 1 heterocycles.